The molecule has 1 unspecified atom stereocenters. The van der Waals surface area contributed by atoms with Crippen molar-refractivity contribution in [1.82, 2.24) is 0 Å². The Labute approximate surface area is 134 Å². The predicted octanol–water partition coefficient (Wildman–Crippen LogP) is 3.41. The maximum Gasteiger partial charge on any atom is 0.234 e. The van der Waals surface area contributed by atoms with Crippen molar-refractivity contribution in [3.05, 3.63) is 51.4 Å². The van der Waals surface area contributed by atoms with Gasteiger partial charge in [0, 0.05) is 16.0 Å². The standard InChI is InChI=1S/C15H12BrN3O3/c1-15(2)14(16)10(18-19-17)9-12(21)11(20)7-5-3-4-6-8(7)13(9)22-15/h3-6,10,14H,1-2H3/t10-,14?/m0/s1. The molecular weight excluding hydrogens is 350 g/mol. The molecule has 0 aromatic heterocycles. The van der Waals surface area contributed by atoms with E-state index in [1.165, 1.54) is 0 Å². The number of alkyl halides is 1. The molecule has 6 nitrogen and oxygen atoms in total. The largest absolute Gasteiger partial charge is 0.486 e. The molecule has 0 bridgehead atoms. The van der Waals surface area contributed by atoms with Crippen LogP contribution in [0.2, 0.25) is 0 Å². The third-order valence-electron chi connectivity index (χ3n) is 3.89. The molecule has 0 N–H and O–H groups in total. The third-order valence-corrected chi connectivity index (χ3v) is 5.49. The lowest BCUT2D eigenvalue weighted by molar-refractivity contribution is -0.112. The number of fused-ring (bicyclic) bond motifs is 2. The fourth-order valence-corrected chi connectivity index (χ4v) is 3.23. The molecule has 1 aromatic carbocycles. The molecule has 0 saturated carbocycles. The Kier molecular flexibility index (Phi) is 3.34. The topological polar surface area (TPSA) is 92.1 Å². The summed E-state index contributed by atoms with van der Waals surface area (Å²) in [6, 6.07) is 5.99. The molecule has 112 valence electrons. The van der Waals surface area contributed by atoms with Crippen LogP contribution in [0, 0.1) is 0 Å². The average molecular weight is 362 g/mol. The first kappa shape index (κ1) is 14.8. The van der Waals surface area contributed by atoms with Crippen LogP contribution in [0.3, 0.4) is 0 Å². The predicted molar refractivity (Wildman–Crippen MR) is 83.5 cm³/mol. The Morgan fingerprint density at radius 1 is 1.23 bits per heavy atom. The molecule has 7 heteroatoms. The second-order valence-electron chi connectivity index (χ2n) is 5.70. The third kappa shape index (κ3) is 1.97. The summed E-state index contributed by atoms with van der Waals surface area (Å²) in [5.41, 5.74) is 9.12. The van der Waals surface area contributed by atoms with E-state index in [2.05, 4.69) is 26.0 Å². The molecule has 1 aliphatic carbocycles. The Morgan fingerprint density at radius 2 is 1.86 bits per heavy atom. The van der Waals surface area contributed by atoms with Crippen LogP contribution < -0.4 is 0 Å². The summed E-state index contributed by atoms with van der Waals surface area (Å²) >= 11 is 3.44. The first-order valence-electron chi connectivity index (χ1n) is 6.68. The minimum atomic E-state index is -0.798. The van der Waals surface area contributed by atoms with Gasteiger partial charge in [0.1, 0.15) is 11.4 Å². The second-order valence-corrected chi connectivity index (χ2v) is 6.69. The Hall–Kier alpha value is -2.11. The lowest BCUT2D eigenvalue weighted by Crippen LogP contribution is -2.49. The minimum Gasteiger partial charge on any atom is -0.486 e. The van der Waals surface area contributed by atoms with Gasteiger partial charge in [-0.15, -0.1) is 0 Å². The molecule has 2 aliphatic rings. The lowest BCUT2D eigenvalue weighted by atomic mass is 9.80. The van der Waals surface area contributed by atoms with Gasteiger partial charge >= 0.3 is 0 Å². The number of nitrogens with zero attached hydrogens (tertiary/aromatic N) is 3. The highest BCUT2D eigenvalue weighted by atomic mass is 79.9. The normalized spacial score (nSPS) is 25.8. The molecule has 0 fully saturated rings. The maximum atomic E-state index is 12.5. The van der Waals surface area contributed by atoms with Crippen LogP contribution in [-0.2, 0) is 9.53 Å². The highest BCUT2D eigenvalue weighted by molar-refractivity contribution is 9.09. The Bertz CT molecular complexity index is 778. The maximum absolute atomic E-state index is 12.5. The zero-order valence-corrected chi connectivity index (χ0v) is 13.5. The number of carbonyl (C=O) groups is 2. The van der Waals surface area contributed by atoms with Gasteiger partial charge in [0.2, 0.25) is 11.6 Å². The molecule has 22 heavy (non-hydrogen) atoms. The van der Waals surface area contributed by atoms with Crippen LogP contribution in [0.4, 0.5) is 0 Å². The lowest BCUT2D eigenvalue weighted by Gasteiger charge is -2.42. The molecule has 1 aromatic rings. The van der Waals surface area contributed by atoms with Crippen molar-refractivity contribution >= 4 is 33.3 Å². The molecule has 1 aliphatic heterocycles. The zero-order chi connectivity index (χ0) is 16.1. The quantitative estimate of drug-likeness (QED) is 0.252. The van der Waals surface area contributed by atoms with Gasteiger partial charge in [-0.1, -0.05) is 45.3 Å². The second kappa shape index (κ2) is 4.97. The van der Waals surface area contributed by atoms with E-state index < -0.39 is 28.0 Å². The smallest absolute Gasteiger partial charge is 0.234 e. The molecule has 2 atom stereocenters. The van der Waals surface area contributed by atoms with E-state index >= 15 is 0 Å². The summed E-state index contributed by atoms with van der Waals surface area (Å²) in [6.07, 6.45) is 0. The molecule has 1 heterocycles. The van der Waals surface area contributed by atoms with Gasteiger partial charge in [0.25, 0.3) is 0 Å². The van der Waals surface area contributed by atoms with Crippen LogP contribution in [0.15, 0.2) is 35.0 Å². The van der Waals surface area contributed by atoms with Crippen molar-refractivity contribution in [2.24, 2.45) is 5.11 Å². The monoisotopic (exact) mass is 361 g/mol. The summed E-state index contributed by atoms with van der Waals surface area (Å²) in [5.74, 6) is -0.945. The summed E-state index contributed by atoms with van der Waals surface area (Å²) in [6.45, 7) is 3.67. The van der Waals surface area contributed by atoms with Crippen molar-refractivity contribution in [1.29, 1.82) is 0 Å². The number of halogens is 1. The number of carbonyl (C=O) groups excluding carboxylic acids is 2. The van der Waals surface area contributed by atoms with Gasteiger partial charge in [0.05, 0.1) is 16.4 Å². The van der Waals surface area contributed by atoms with E-state index in [0.29, 0.717) is 16.9 Å². The van der Waals surface area contributed by atoms with Crippen molar-refractivity contribution in [2.75, 3.05) is 0 Å². The van der Waals surface area contributed by atoms with E-state index in [-0.39, 0.29) is 5.57 Å². The highest BCUT2D eigenvalue weighted by Gasteiger charge is 2.49. The van der Waals surface area contributed by atoms with Crippen LogP contribution in [-0.4, -0.2) is 28.0 Å². The Morgan fingerprint density at radius 3 is 2.50 bits per heavy atom. The average Bonchev–Trinajstić information content (AvgIpc) is 2.49. The zero-order valence-electron chi connectivity index (χ0n) is 11.9. The summed E-state index contributed by atoms with van der Waals surface area (Å²) in [5, 5.41) is 3.73. The van der Waals surface area contributed by atoms with E-state index in [9.17, 15) is 9.59 Å². The van der Waals surface area contributed by atoms with Crippen molar-refractivity contribution in [3.63, 3.8) is 0 Å². The van der Waals surface area contributed by atoms with Crippen LogP contribution in [0.1, 0.15) is 29.8 Å². The number of ketones is 2. The van der Waals surface area contributed by atoms with Gasteiger partial charge in [-0.3, -0.25) is 9.59 Å². The molecule has 3 rings (SSSR count). The molecule has 0 saturated heterocycles. The first-order chi connectivity index (χ1) is 10.4. The van der Waals surface area contributed by atoms with E-state index in [0.717, 1.165) is 0 Å². The molecule has 0 spiro atoms. The fourth-order valence-electron chi connectivity index (χ4n) is 2.77. The van der Waals surface area contributed by atoms with E-state index in [1.807, 2.05) is 13.8 Å². The molecule has 0 radical (unpaired) electrons. The number of hydrogen-bond donors (Lipinski definition) is 0. The summed E-state index contributed by atoms with van der Waals surface area (Å²) in [7, 11) is 0. The fraction of sp³-hybridized carbons (Fsp3) is 0.333. The number of ether oxygens (including phenoxy) is 1. The van der Waals surface area contributed by atoms with Gasteiger partial charge in [0.15, 0.2) is 0 Å². The van der Waals surface area contributed by atoms with Crippen LogP contribution >= 0.6 is 15.9 Å². The highest BCUT2D eigenvalue weighted by Crippen LogP contribution is 2.45. The van der Waals surface area contributed by atoms with E-state index in [1.54, 1.807) is 24.3 Å². The van der Waals surface area contributed by atoms with Crippen LogP contribution in [0.5, 0.6) is 0 Å². The van der Waals surface area contributed by atoms with Gasteiger partial charge < -0.3 is 4.74 Å². The minimum absolute atomic E-state index is 0.128. The number of benzene rings is 1. The summed E-state index contributed by atoms with van der Waals surface area (Å²) in [4.78, 5) is 27.2. The molecule has 0 amide bonds. The van der Waals surface area contributed by atoms with Crippen molar-refractivity contribution in [2.45, 2.75) is 30.3 Å². The number of Topliss-reactive ketones (excluding diaryl/α,β-unsaturated/α-hetero) is 2. The van der Waals surface area contributed by atoms with Crippen LogP contribution in [0.25, 0.3) is 16.2 Å². The Balaban J connectivity index is 2.33. The van der Waals surface area contributed by atoms with Gasteiger partial charge in [-0.25, -0.2) is 0 Å². The number of rotatable bonds is 1. The first-order valence-corrected chi connectivity index (χ1v) is 7.60. The van der Waals surface area contributed by atoms with Crippen molar-refractivity contribution < 1.29 is 14.3 Å². The van der Waals surface area contributed by atoms with Gasteiger partial charge in [-0.05, 0) is 19.4 Å². The number of azide groups is 1. The summed E-state index contributed by atoms with van der Waals surface area (Å²) < 4.78 is 5.99. The SMILES string of the molecule is CC1(C)OC2=C(C(=O)C(=O)c3ccccc32)[C@H](N=[N+]=[N-])C1Br. The number of hydrogen-bond acceptors (Lipinski definition) is 4. The van der Waals surface area contributed by atoms with Gasteiger partial charge in [-0.2, -0.15) is 0 Å². The van der Waals surface area contributed by atoms with E-state index in [4.69, 9.17) is 10.3 Å². The molecular formula is C15H12BrN3O3. The van der Waals surface area contributed by atoms with Crippen molar-refractivity contribution in [3.8, 4) is 0 Å².